The minimum absolute atomic E-state index is 0.186. The van der Waals surface area contributed by atoms with Crippen LogP contribution in [0.1, 0.15) is 38.5 Å². The Morgan fingerprint density at radius 3 is 2.64 bits per heavy atom. The topological polar surface area (TPSA) is 84.9 Å². The highest BCUT2D eigenvalue weighted by Crippen LogP contribution is 2.29. The number of ether oxygens (including phenoxy) is 2. The Labute approximate surface area is 170 Å². The highest BCUT2D eigenvalue weighted by Gasteiger charge is 2.19. The molecule has 0 radical (unpaired) electrons. The van der Waals surface area contributed by atoms with Crippen LogP contribution in [0.2, 0.25) is 5.02 Å². The standard InChI is InChI=1S/C20H27ClN2O5/c1-23(12-18(24)22-16-11-15(21)8-9-17(16)27-2)19(25)13-28-20(26)10-7-14-5-3-4-6-14/h8-9,11,14H,3-7,10,12-13H2,1-2H3,(H,22,24). The molecule has 1 aromatic carbocycles. The zero-order valence-electron chi connectivity index (χ0n) is 16.3. The van der Waals surface area contributed by atoms with E-state index in [0.29, 0.717) is 28.8 Å². The minimum atomic E-state index is -0.442. The molecule has 1 aliphatic carbocycles. The number of likely N-dealkylation sites (N-methyl/N-ethyl adjacent to an activating group) is 1. The second kappa shape index (κ2) is 10.9. The molecule has 0 unspecified atom stereocenters. The molecule has 1 N–H and O–H groups in total. The first-order valence-corrected chi connectivity index (χ1v) is 9.79. The van der Waals surface area contributed by atoms with Crippen molar-refractivity contribution in [3.63, 3.8) is 0 Å². The molecule has 1 aromatic rings. The van der Waals surface area contributed by atoms with E-state index in [0.717, 1.165) is 6.42 Å². The van der Waals surface area contributed by atoms with Crippen LogP contribution in [0, 0.1) is 5.92 Å². The number of esters is 1. The number of nitrogens with zero attached hydrogens (tertiary/aromatic N) is 1. The molecule has 0 heterocycles. The monoisotopic (exact) mass is 410 g/mol. The number of rotatable bonds is 9. The zero-order valence-corrected chi connectivity index (χ0v) is 17.1. The molecule has 1 saturated carbocycles. The first kappa shape index (κ1) is 22.0. The van der Waals surface area contributed by atoms with Crippen LogP contribution in [0.15, 0.2) is 18.2 Å². The molecule has 0 aromatic heterocycles. The highest BCUT2D eigenvalue weighted by molar-refractivity contribution is 6.31. The molecule has 0 saturated heterocycles. The fourth-order valence-electron chi connectivity index (χ4n) is 3.22. The van der Waals surface area contributed by atoms with Crippen LogP contribution < -0.4 is 10.1 Å². The summed E-state index contributed by atoms with van der Waals surface area (Å²) in [7, 11) is 2.96. The predicted molar refractivity (Wildman–Crippen MR) is 106 cm³/mol. The van der Waals surface area contributed by atoms with Gasteiger partial charge in [-0.1, -0.05) is 37.3 Å². The lowest BCUT2D eigenvalue weighted by Crippen LogP contribution is -2.37. The van der Waals surface area contributed by atoms with Gasteiger partial charge in [-0.15, -0.1) is 0 Å². The molecule has 0 atom stereocenters. The third-order valence-electron chi connectivity index (χ3n) is 4.83. The van der Waals surface area contributed by atoms with Gasteiger partial charge in [-0.3, -0.25) is 14.4 Å². The first-order chi connectivity index (χ1) is 13.4. The third-order valence-corrected chi connectivity index (χ3v) is 5.07. The third kappa shape index (κ3) is 7.03. The van der Waals surface area contributed by atoms with Crippen molar-refractivity contribution in [1.82, 2.24) is 4.90 Å². The second-order valence-electron chi connectivity index (χ2n) is 6.99. The quantitative estimate of drug-likeness (QED) is 0.631. The number of benzene rings is 1. The van der Waals surface area contributed by atoms with Crippen molar-refractivity contribution in [3.8, 4) is 5.75 Å². The van der Waals surface area contributed by atoms with E-state index < -0.39 is 11.8 Å². The van der Waals surface area contributed by atoms with Crippen molar-refractivity contribution >= 4 is 35.1 Å². The maximum atomic E-state index is 12.2. The Morgan fingerprint density at radius 1 is 1.25 bits per heavy atom. The summed E-state index contributed by atoms with van der Waals surface area (Å²) < 4.78 is 10.2. The largest absolute Gasteiger partial charge is 0.495 e. The Hall–Kier alpha value is -2.28. The van der Waals surface area contributed by atoms with Crippen molar-refractivity contribution in [1.29, 1.82) is 0 Å². The van der Waals surface area contributed by atoms with Gasteiger partial charge in [0, 0.05) is 18.5 Å². The Balaban J connectivity index is 1.73. The molecule has 0 aliphatic heterocycles. The van der Waals surface area contributed by atoms with E-state index >= 15 is 0 Å². The van der Waals surface area contributed by atoms with E-state index in [1.165, 1.54) is 44.7 Å². The molecular formula is C20H27ClN2O5. The van der Waals surface area contributed by atoms with Crippen molar-refractivity contribution < 1.29 is 23.9 Å². The fourth-order valence-corrected chi connectivity index (χ4v) is 3.39. The van der Waals surface area contributed by atoms with E-state index in [2.05, 4.69) is 5.32 Å². The second-order valence-corrected chi connectivity index (χ2v) is 7.43. The number of nitrogens with one attached hydrogen (secondary N) is 1. The van der Waals surface area contributed by atoms with E-state index in [1.54, 1.807) is 18.2 Å². The summed E-state index contributed by atoms with van der Waals surface area (Å²) in [6, 6.07) is 4.84. The molecule has 0 bridgehead atoms. The van der Waals surface area contributed by atoms with Gasteiger partial charge in [-0.2, -0.15) is 0 Å². The van der Waals surface area contributed by atoms with Crippen LogP contribution in [-0.2, 0) is 19.1 Å². The normalized spacial score (nSPS) is 13.8. The molecule has 0 spiro atoms. The number of halogens is 1. The summed E-state index contributed by atoms with van der Waals surface area (Å²) >= 11 is 5.93. The van der Waals surface area contributed by atoms with Gasteiger partial charge in [-0.25, -0.2) is 0 Å². The minimum Gasteiger partial charge on any atom is -0.495 e. The van der Waals surface area contributed by atoms with Crippen molar-refractivity contribution in [2.45, 2.75) is 38.5 Å². The van der Waals surface area contributed by atoms with Gasteiger partial charge in [0.25, 0.3) is 5.91 Å². The lowest BCUT2D eigenvalue weighted by atomic mass is 10.0. The van der Waals surface area contributed by atoms with Crippen LogP contribution in [0.5, 0.6) is 5.75 Å². The Bertz CT molecular complexity index is 704. The summed E-state index contributed by atoms with van der Waals surface area (Å²) in [6.07, 6.45) is 5.94. The number of anilines is 1. The number of methoxy groups -OCH3 is 1. The Morgan fingerprint density at radius 2 is 1.96 bits per heavy atom. The van der Waals surface area contributed by atoms with Gasteiger partial charge in [0.2, 0.25) is 5.91 Å². The van der Waals surface area contributed by atoms with E-state index in [-0.39, 0.29) is 19.1 Å². The molecule has 7 nitrogen and oxygen atoms in total. The van der Waals surface area contributed by atoms with Gasteiger partial charge in [0.15, 0.2) is 6.61 Å². The van der Waals surface area contributed by atoms with Gasteiger partial charge >= 0.3 is 5.97 Å². The van der Waals surface area contributed by atoms with Gasteiger partial charge < -0.3 is 19.7 Å². The Kier molecular flexibility index (Phi) is 8.57. The highest BCUT2D eigenvalue weighted by atomic mass is 35.5. The van der Waals surface area contributed by atoms with Crippen LogP contribution >= 0.6 is 11.6 Å². The molecule has 2 amide bonds. The first-order valence-electron chi connectivity index (χ1n) is 9.42. The average Bonchev–Trinajstić information content (AvgIpc) is 3.18. The summed E-state index contributed by atoms with van der Waals surface area (Å²) in [5.41, 5.74) is 0.416. The number of hydrogen-bond acceptors (Lipinski definition) is 5. The number of carbonyl (C=O) groups is 3. The van der Waals surface area contributed by atoms with Gasteiger partial charge in [0.05, 0.1) is 19.3 Å². The van der Waals surface area contributed by atoms with Gasteiger partial charge in [0.1, 0.15) is 5.75 Å². The molecule has 154 valence electrons. The predicted octanol–water partition coefficient (Wildman–Crippen LogP) is 3.26. The molecule has 2 rings (SSSR count). The summed E-state index contributed by atoms with van der Waals surface area (Å²) in [5, 5.41) is 3.10. The van der Waals surface area contributed by atoms with Gasteiger partial charge in [-0.05, 0) is 30.5 Å². The molecule has 1 fully saturated rings. The lowest BCUT2D eigenvalue weighted by molar-refractivity contribution is -0.152. The maximum absolute atomic E-state index is 12.2. The molecule has 1 aliphatic rings. The van der Waals surface area contributed by atoms with E-state index in [9.17, 15) is 14.4 Å². The molecular weight excluding hydrogens is 384 g/mol. The number of hydrogen-bond donors (Lipinski definition) is 1. The van der Waals surface area contributed by atoms with E-state index in [4.69, 9.17) is 21.1 Å². The number of carbonyl (C=O) groups excluding carboxylic acids is 3. The van der Waals surface area contributed by atoms with Crippen LogP contribution in [0.3, 0.4) is 0 Å². The number of amides is 2. The lowest BCUT2D eigenvalue weighted by Gasteiger charge is -2.17. The maximum Gasteiger partial charge on any atom is 0.306 e. The van der Waals surface area contributed by atoms with Crippen molar-refractivity contribution in [2.24, 2.45) is 5.92 Å². The fraction of sp³-hybridized carbons (Fsp3) is 0.550. The van der Waals surface area contributed by atoms with Crippen molar-refractivity contribution in [2.75, 3.05) is 32.6 Å². The summed E-state index contributed by atoms with van der Waals surface area (Å²) in [5.74, 6) is -0.172. The smallest absolute Gasteiger partial charge is 0.306 e. The van der Waals surface area contributed by atoms with Crippen LogP contribution in [0.25, 0.3) is 0 Å². The van der Waals surface area contributed by atoms with Crippen LogP contribution in [-0.4, -0.2) is 50.0 Å². The summed E-state index contributed by atoms with van der Waals surface area (Å²) in [4.78, 5) is 37.3. The SMILES string of the molecule is COc1ccc(Cl)cc1NC(=O)CN(C)C(=O)COC(=O)CCC1CCCC1. The zero-order chi connectivity index (χ0) is 20.5. The van der Waals surface area contributed by atoms with Crippen LogP contribution in [0.4, 0.5) is 5.69 Å². The van der Waals surface area contributed by atoms with Crippen molar-refractivity contribution in [3.05, 3.63) is 23.2 Å². The average molecular weight is 411 g/mol. The molecule has 28 heavy (non-hydrogen) atoms. The summed E-state index contributed by atoms with van der Waals surface area (Å²) in [6.45, 7) is -0.554. The molecule has 8 heteroatoms. The van der Waals surface area contributed by atoms with E-state index in [1.807, 2.05) is 0 Å².